The van der Waals surface area contributed by atoms with Gasteiger partial charge in [0.15, 0.2) is 0 Å². The third-order valence-corrected chi connectivity index (χ3v) is 2.21. The Morgan fingerprint density at radius 1 is 1.36 bits per heavy atom. The van der Waals surface area contributed by atoms with Crippen LogP contribution in [0.15, 0.2) is 10.3 Å². The van der Waals surface area contributed by atoms with Gasteiger partial charge >= 0.3 is 0 Å². The highest BCUT2D eigenvalue weighted by molar-refractivity contribution is 9.11. The summed E-state index contributed by atoms with van der Waals surface area (Å²) in [4.78, 5) is 2.07. The van der Waals surface area contributed by atoms with Crippen molar-refractivity contribution in [2.45, 2.75) is 0 Å². The lowest BCUT2D eigenvalue weighted by atomic mass is 10.4. The van der Waals surface area contributed by atoms with Crippen LogP contribution >= 0.6 is 15.9 Å². The summed E-state index contributed by atoms with van der Waals surface area (Å²) in [6.07, 6.45) is 0. The first kappa shape index (κ1) is 10.8. The van der Waals surface area contributed by atoms with Gasteiger partial charge in [0.1, 0.15) is 0 Å². The van der Waals surface area contributed by atoms with Gasteiger partial charge < -0.3 is 15.5 Å². The summed E-state index contributed by atoms with van der Waals surface area (Å²) >= 11 is 3.43. The number of hydrogen-bond donors (Lipinski definition) is 2. The van der Waals surface area contributed by atoms with E-state index in [0.29, 0.717) is 0 Å². The maximum absolute atomic E-state index is 3.43. The van der Waals surface area contributed by atoms with E-state index in [1.807, 2.05) is 28.2 Å². The number of hydrogen-bond acceptors (Lipinski definition) is 3. The molecular formula is C7H16BrN3. The molecule has 0 amide bonds. The van der Waals surface area contributed by atoms with Crippen LogP contribution < -0.4 is 10.6 Å². The van der Waals surface area contributed by atoms with Crippen molar-refractivity contribution in [2.75, 3.05) is 34.7 Å². The van der Waals surface area contributed by atoms with Crippen LogP contribution in [-0.4, -0.2) is 39.6 Å². The molecule has 66 valence electrons. The topological polar surface area (TPSA) is 27.3 Å². The number of rotatable bonds is 4. The van der Waals surface area contributed by atoms with Crippen molar-refractivity contribution in [3.05, 3.63) is 10.3 Å². The molecule has 0 aliphatic carbocycles. The SMILES string of the molecule is CNC/C(=C(\Br)NC)N(C)C. The number of nitrogens with zero attached hydrogens (tertiary/aromatic N) is 1. The Morgan fingerprint density at radius 2 is 1.91 bits per heavy atom. The fourth-order valence-corrected chi connectivity index (χ4v) is 1.24. The fraction of sp³-hybridized carbons (Fsp3) is 0.714. The van der Waals surface area contributed by atoms with Gasteiger partial charge in [-0.1, -0.05) is 0 Å². The lowest BCUT2D eigenvalue weighted by molar-refractivity contribution is 0.485. The highest BCUT2D eigenvalue weighted by Gasteiger charge is 2.02. The normalized spacial score (nSPS) is 12.5. The van der Waals surface area contributed by atoms with Crippen LogP contribution in [0.4, 0.5) is 0 Å². The van der Waals surface area contributed by atoms with Gasteiger partial charge in [0.2, 0.25) is 0 Å². The monoisotopic (exact) mass is 221 g/mol. The van der Waals surface area contributed by atoms with Crippen LogP contribution in [0.2, 0.25) is 0 Å². The standard InChI is InChI=1S/C7H16BrN3/c1-9-5-6(11(3)4)7(8)10-2/h9-10H,5H2,1-4H3/b7-6-. The van der Waals surface area contributed by atoms with Crippen LogP contribution in [0.5, 0.6) is 0 Å². The van der Waals surface area contributed by atoms with Gasteiger partial charge in [0.25, 0.3) is 0 Å². The molecule has 0 heterocycles. The molecule has 11 heavy (non-hydrogen) atoms. The molecule has 2 N–H and O–H groups in total. The van der Waals surface area contributed by atoms with E-state index in [0.717, 1.165) is 11.2 Å². The van der Waals surface area contributed by atoms with Crippen LogP contribution in [0.1, 0.15) is 0 Å². The molecule has 0 aliphatic rings. The van der Waals surface area contributed by atoms with Crippen LogP contribution in [0.25, 0.3) is 0 Å². The average molecular weight is 222 g/mol. The first-order valence-corrected chi connectivity index (χ1v) is 4.31. The van der Waals surface area contributed by atoms with E-state index < -0.39 is 0 Å². The van der Waals surface area contributed by atoms with Crippen molar-refractivity contribution >= 4 is 15.9 Å². The minimum absolute atomic E-state index is 0.856. The number of halogens is 1. The zero-order valence-electron chi connectivity index (χ0n) is 7.53. The van der Waals surface area contributed by atoms with Crippen molar-refractivity contribution in [1.82, 2.24) is 15.5 Å². The first-order valence-electron chi connectivity index (χ1n) is 3.51. The molecule has 0 unspecified atom stereocenters. The molecule has 0 bridgehead atoms. The zero-order valence-corrected chi connectivity index (χ0v) is 9.12. The van der Waals surface area contributed by atoms with Crippen LogP contribution in [0.3, 0.4) is 0 Å². The highest BCUT2D eigenvalue weighted by Crippen LogP contribution is 2.08. The van der Waals surface area contributed by atoms with Crippen molar-refractivity contribution < 1.29 is 0 Å². The molecule has 0 aromatic carbocycles. The van der Waals surface area contributed by atoms with E-state index >= 15 is 0 Å². The predicted octanol–water partition coefficient (Wildman–Crippen LogP) is 0.551. The summed E-state index contributed by atoms with van der Waals surface area (Å²) in [5.41, 5.74) is 1.20. The fourth-order valence-electron chi connectivity index (χ4n) is 0.744. The minimum Gasteiger partial charge on any atom is -0.381 e. The summed E-state index contributed by atoms with van der Waals surface area (Å²) in [6, 6.07) is 0. The second-order valence-corrected chi connectivity index (χ2v) is 3.23. The van der Waals surface area contributed by atoms with E-state index in [4.69, 9.17) is 0 Å². The third kappa shape index (κ3) is 3.62. The van der Waals surface area contributed by atoms with Gasteiger partial charge in [-0.25, -0.2) is 0 Å². The Bertz CT molecular complexity index is 143. The molecule has 0 radical (unpaired) electrons. The molecule has 0 atom stereocenters. The van der Waals surface area contributed by atoms with Gasteiger partial charge in [-0.05, 0) is 23.0 Å². The smallest absolute Gasteiger partial charge is 0.0985 e. The minimum atomic E-state index is 0.856. The molecule has 0 aromatic rings. The lowest BCUT2D eigenvalue weighted by Crippen LogP contribution is -2.25. The Balaban J connectivity index is 4.30. The highest BCUT2D eigenvalue weighted by atomic mass is 79.9. The van der Waals surface area contributed by atoms with E-state index in [-0.39, 0.29) is 0 Å². The van der Waals surface area contributed by atoms with Crippen molar-refractivity contribution in [3.8, 4) is 0 Å². The van der Waals surface area contributed by atoms with E-state index in [2.05, 4.69) is 31.5 Å². The van der Waals surface area contributed by atoms with Gasteiger partial charge in [0, 0.05) is 27.7 Å². The van der Waals surface area contributed by atoms with Crippen molar-refractivity contribution in [3.63, 3.8) is 0 Å². The maximum atomic E-state index is 3.43. The van der Waals surface area contributed by atoms with Gasteiger partial charge in [0.05, 0.1) is 10.3 Å². The Kier molecular flexibility index (Phi) is 5.32. The molecule has 0 rings (SSSR count). The van der Waals surface area contributed by atoms with Crippen LogP contribution in [-0.2, 0) is 0 Å². The van der Waals surface area contributed by atoms with Gasteiger partial charge in [-0.15, -0.1) is 0 Å². The number of likely N-dealkylation sites (N-methyl/N-ethyl adjacent to an activating group) is 2. The molecule has 4 heteroatoms. The van der Waals surface area contributed by atoms with E-state index in [9.17, 15) is 0 Å². The summed E-state index contributed by atoms with van der Waals surface area (Å²) in [5.74, 6) is 0. The molecular weight excluding hydrogens is 206 g/mol. The summed E-state index contributed by atoms with van der Waals surface area (Å²) in [5, 5.41) is 6.14. The van der Waals surface area contributed by atoms with Crippen LogP contribution in [0, 0.1) is 0 Å². The van der Waals surface area contributed by atoms with Gasteiger partial charge in [-0.3, -0.25) is 0 Å². The van der Waals surface area contributed by atoms with E-state index in [1.54, 1.807) is 0 Å². The summed E-state index contributed by atoms with van der Waals surface area (Å²) < 4.78 is 1.02. The van der Waals surface area contributed by atoms with E-state index in [1.165, 1.54) is 5.70 Å². The van der Waals surface area contributed by atoms with Gasteiger partial charge in [-0.2, -0.15) is 0 Å². The first-order chi connectivity index (χ1) is 5.13. The van der Waals surface area contributed by atoms with Crippen molar-refractivity contribution in [2.24, 2.45) is 0 Å². The number of nitrogens with one attached hydrogen (secondary N) is 2. The Labute approximate surface area is 77.0 Å². The third-order valence-electron chi connectivity index (χ3n) is 1.36. The Morgan fingerprint density at radius 3 is 2.18 bits per heavy atom. The Hall–Kier alpha value is -0.220. The lowest BCUT2D eigenvalue weighted by Gasteiger charge is -2.18. The molecule has 0 spiro atoms. The second-order valence-electron chi connectivity index (χ2n) is 2.44. The molecule has 0 aromatic heterocycles. The average Bonchev–Trinajstić information content (AvgIpc) is 1.98. The molecule has 0 aliphatic heterocycles. The predicted molar refractivity (Wildman–Crippen MR) is 52.6 cm³/mol. The summed E-state index contributed by atoms with van der Waals surface area (Å²) in [6.45, 7) is 0.856. The largest absolute Gasteiger partial charge is 0.381 e. The molecule has 0 saturated carbocycles. The molecule has 0 saturated heterocycles. The quantitative estimate of drug-likeness (QED) is 0.680. The maximum Gasteiger partial charge on any atom is 0.0985 e. The second kappa shape index (κ2) is 5.43. The van der Waals surface area contributed by atoms with Crippen molar-refractivity contribution in [1.29, 1.82) is 0 Å². The zero-order chi connectivity index (χ0) is 8.85. The molecule has 0 fully saturated rings. The summed E-state index contributed by atoms with van der Waals surface area (Å²) in [7, 11) is 7.86. The molecule has 3 nitrogen and oxygen atoms in total.